The second-order valence-corrected chi connectivity index (χ2v) is 25.0. The van der Waals surface area contributed by atoms with E-state index in [1.54, 1.807) is 0 Å². The van der Waals surface area contributed by atoms with Crippen molar-refractivity contribution in [3.8, 4) is 0 Å². The van der Waals surface area contributed by atoms with Gasteiger partial charge < -0.3 is 14.6 Å². The zero-order chi connectivity index (χ0) is 56.9. The van der Waals surface area contributed by atoms with Gasteiger partial charge in [0.2, 0.25) is 0 Å². The monoisotopic (exact) mass is 1110 g/mol. The van der Waals surface area contributed by atoms with Crippen LogP contribution in [-0.4, -0.2) is 36.4 Å². The lowest BCUT2D eigenvalue weighted by Gasteiger charge is -2.15. The largest absolute Gasteiger partial charge is 0.462 e. The lowest BCUT2D eigenvalue weighted by atomic mass is 10.0. The van der Waals surface area contributed by atoms with Gasteiger partial charge in [-0.2, -0.15) is 0 Å². The lowest BCUT2D eigenvalue weighted by Crippen LogP contribution is -2.28. The molecule has 1 unspecified atom stereocenters. The third kappa shape index (κ3) is 68.8. The summed E-state index contributed by atoms with van der Waals surface area (Å²) in [6.07, 6.45) is 92.4. The fourth-order valence-electron chi connectivity index (χ4n) is 11.5. The van der Waals surface area contributed by atoms with Gasteiger partial charge in [0.25, 0.3) is 0 Å². The number of carbonyl (C=O) groups excluding carboxylic acids is 2. The van der Waals surface area contributed by atoms with Gasteiger partial charge in [0.1, 0.15) is 6.61 Å². The topological polar surface area (TPSA) is 72.8 Å². The van der Waals surface area contributed by atoms with Gasteiger partial charge in [-0.05, 0) is 44.9 Å². The first kappa shape index (κ1) is 77.4. The van der Waals surface area contributed by atoms with Crippen LogP contribution in [0.4, 0.5) is 0 Å². The fraction of sp³-hybridized carbons (Fsp3) is 0.919. The first-order valence-corrected chi connectivity index (χ1v) is 36.4. The molecular formula is C74H142O5. The molecule has 468 valence electrons. The SMILES string of the molecule is CCCCCCC/C=C\C/C=C\CCCCCCCCCCCCCCCCCCCCCCCCCCCCCCCC(=O)OC(CO)COC(=O)CCCCCCCCCCCCCCCCCCCCCCCCCC. The van der Waals surface area contributed by atoms with E-state index < -0.39 is 6.10 Å². The number of rotatable bonds is 69. The minimum atomic E-state index is -0.767. The summed E-state index contributed by atoms with van der Waals surface area (Å²) in [6.45, 7) is 4.20. The molecule has 0 aromatic carbocycles. The third-order valence-corrected chi connectivity index (χ3v) is 17.0. The first-order chi connectivity index (χ1) is 39.1. The van der Waals surface area contributed by atoms with Crippen molar-refractivity contribution in [1.29, 1.82) is 0 Å². The molecule has 1 atom stereocenters. The molecule has 0 aliphatic rings. The molecule has 0 aliphatic carbocycles. The average molecular weight is 1110 g/mol. The molecule has 0 rings (SSSR count). The van der Waals surface area contributed by atoms with Crippen LogP contribution in [0, 0.1) is 0 Å². The van der Waals surface area contributed by atoms with Crippen molar-refractivity contribution in [2.75, 3.05) is 13.2 Å². The van der Waals surface area contributed by atoms with Crippen LogP contribution in [0.25, 0.3) is 0 Å². The summed E-state index contributed by atoms with van der Waals surface area (Å²) in [5.74, 6) is -0.561. The molecule has 0 aromatic heterocycles. The van der Waals surface area contributed by atoms with E-state index in [0.29, 0.717) is 12.8 Å². The summed E-state index contributed by atoms with van der Waals surface area (Å²) in [6, 6.07) is 0. The normalized spacial score (nSPS) is 12.2. The Hall–Kier alpha value is -1.62. The molecule has 0 fully saturated rings. The number of hydrogen-bond donors (Lipinski definition) is 1. The first-order valence-electron chi connectivity index (χ1n) is 36.4. The molecule has 0 radical (unpaired) electrons. The van der Waals surface area contributed by atoms with E-state index in [1.807, 2.05) is 0 Å². The molecule has 1 N–H and O–H groups in total. The smallest absolute Gasteiger partial charge is 0.306 e. The predicted octanol–water partition coefficient (Wildman–Crippen LogP) is 25.2. The van der Waals surface area contributed by atoms with Crippen molar-refractivity contribution >= 4 is 11.9 Å². The molecule has 0 amide bonds. The van der Waals surface area contributed by atoms with Crippen molar-refractivity contribution < 1.29 is 24.2 Å². The van der Waals surface area contributed by atoms with E-state index in [2.05, 4.69) is 38.2 Å². The van der Waals surface area contributed by atoms with Crippen molar-refractivity contribution in [3.05, 3.63) is 24.3 Å². The summed E-state index contributed by atoms with van der Waals surface area (Å²) in [4.78, 5) is 24.6. The Bertz CT molecular complexity index is 1210. The number of aliphatic hydroxyl groups is 1. The van der Waals surface area contributed by atoms with E-state index in [1.165, 1.54) is 353 Å². The Morgan fingerprint density at radius 3 is 0.747 bits per heavy atom. The van der Waals surface area contributed by atoms with E-state index >= 15 is 0 Å². The molecule has 0 aliphatic heterocycles. The van der Waals surface area contributed by atoms with E-state index in [4.69, 9.17) is 9.47 Å². The Kier molecular flexibility index (Phi) is 69.2. The highest BCUT2D eigenvalue weighted by atomic mass is 16.6. The highest BCUT2D eigenvalue weighted by molar-refractivity contribution is 5.70. The van der Waals surface area contributed by atoms with Crippen LogP contribution in [0.2, 0.25) is 0 Å². The Labute approximate surface area is 495 Å². The van der Waals surface area contributed by atoms with Gasteiger partial charge in [-0.15, -0.1) is 0 Å². The second kappa shape index (κ2) is 70.6. The minimum absolute atomic E-state index is 0.0567. The summed E-state index contributed by atoms with van der Waals surface area (Å²) in [5, 5.41) is 9.70. The summed E-state index contributed by atoms with van der Waals surface area (Å²) >= 11 is 0. The number of allylic oxidation sites excluding steroid dienone is 4. The highest BCUT2D eigenvalue weighted by Gasteiger charge is 2.16. The van der Waals surface area contributed by atoms with Gasteiger partial charge in [-0.25, -0.2) is 0 Å². The second-order valence-electron chi connectivity index (χ2n) is 25.0. The fourth-order valence-corrected chi connectivity index (χ4v) is 11.5. The van der Waals surface area contributed by atoms with Gasteiger partial charge in [0, 0.05) is 12.8 Å². The van der Waals surface area contributed by atoms with Crippen molar-refractivity contribution in [3.63, 3.8) is 0 Å². The van der Waals surface area contributed by atoms with Crippen LogP contribution in [0.1, 0.15) is 418 Å². The Morgan fingerprint density at radius 1 is 0.291 bits per heavy atom. The van der Waals surface area contributed by atoms with Crippen LogP contribution in [0.15, 0.2) is 24.3 Å². The van der Waals surface area contributed by atoms with Gasteiger partial charge in [0.15, 0.2) is 6.10 Å². The molecule has 0 bridgehead atoms. The molecule has 79 heavy (non-hydrogen) atoms. The van der Waals surface area contributed by atoms with E-state index in [-0.39, 0.29) is 25.2 Å². The Morgan fingerprint density at radius 2 is 0.506 bits per heavy atom. The van der Waals surface area contributed by atoms with Crippen LogP contribution >= 0.6 is 0 Å². The van der Waals surface area contributed by atoms with Crippen molar-refractivity contribution in [1.82, 2.24) is 0 Å². The maximum absolute atomic E-state index is 12.4. The summed E-state index contributed by atoms with van der Waals surface area (Å²) in [5.41, 5.74) is 0. The molecular weight excluding hydrogens is 969 g/mol. The van der Waals surface area contributed by atoms with Gasteiger partial charge >= 0.3 is 11.9 Å². The highest BCUT2D eigenvalue weighted by Crippen LogP contribution is 2.20. The van der Waals surface area contributed by atoms with E-state index in [0.717, 1.165) is 38.5 Å². The van der Waals surface area contributed by atoms with Gasteiger partial charge in [-0.1, -0.05) is 385 Å². The lowest BCUT2D eigenvalue weighted by molar-refractivity contribution is -0.161. The van der Waals surface area contributed by atoms with Crippen molar-refractivity contribution in [2.24, 2.45) is 0 Å². The number of ether oxygens (including phenoxy) is 2. The molecule has 5 nitrogen and oxygen atoms in total. The molecule has 0 saturated carbocycles. The number of esters is 2. The zero-order valence-electron chi connectivity index (χ0n) is 53.9. The predicted molar refractivity (Wildman–Crippen MR) is 348 cm³/mol. The molecule has 5 heteroatoms. The minimum Gasteiger partial charge on any atom is -0.462 e. The maximum atomic E-state index is 12.4. The third-order valence-electron chi connectivity index (χ3n) is 17.0. The van der Waals surface area contributed by atoms with Crippen molar-refractivity contribution in [2.45, 2.75) is 424 Å². The standard InChI is InChI=1S/C74H142O5/c1-3-5-7-9-11-13-15-17-19-21-23-25-27-29-30-31-32-33-34-35-36-37-38-39-40-41-42-43-44-45-47-49-51-53-55-57-59-61-63-65-67-69-74(77)79-72(70-75)71-78-73(76)68-66-64-62-60-58-56-54-52-50-48-46-28-26-24-22-20-18-16-14-12-10-8-6-4-2/h15,17,21,23,72,75H,3-14,16,18-20,22,24-71H2,1-2H3/b17-15-,23-21-. The molecule has 0 heterocycles. The zero-order valence-corrected chi connectivity index (χ0v) is 53.9. The number of carbonyl (C=O) groups is 2. The quantitative estimate of drug-likeness (QED) is 0.0373. The summed E-state index contributed by atoms with van der Waals surface area (Å²) < 4.78 is 10.8. The number of hydrogen-bond acceptors (Lipinski definition) is 5. The van der Waals surface area contributed by atoms with Crippen LogP contribution < -0.4 is 0 Å². The molecule has 0 spiro atoms. The Balaban J connectivity index is 3.35. The molecule has 0 saturated heterocycles. The number of aliphatic hydroxyl groups excluding tert-OH is 1. The van der Waals surface area contributed by atoms with Crippen LogP contribution in [0.5, 0.6) is 0 Å². The van der Waals surface area contributed by atoms with E-state index in [9.17, 15) is 14.7 Å². The number of unbranched alkanes of at least 4 members (excludes halogenated alkanes) is 57. The van der Waals surface area contributed by atoms with Gasteiger partial charge in [-0.3, -0.25) is 9.59 Å². The maximum Gasteiger partial charge on any atom is 0.306 e. The van der Waals surface area contributed by atoms with Crippen LogP contribution in [-0.2, 0) is 19.1 Å². The average Bonchev–Trinajstić information content (AvgIpc) is 3.45. The van der Waals surface area contributed by atoms with Gasteiger partial charge in [0.05, 0.1) is 6.61 Å². The van der Waals surface area contributed by atoms with Crippen LogP contribution in [0.3, 0.4) is 0 Å². The summed E-state index contributed by atoms with van der Waals surface area (Å²) in [7, 11) is 0. The molecule has 0 aromatic rings.